The van der Waals surface area contributed by atoms with Crippen LogP contribution in [-0.2, 0) is 4.74 Å². The van der Waals surface area contributed by atoms with Crippen LogP contribution in [0, 0.1) is 0 Å². The maximum atomic E-state index is 13.2. The summed E-state index contributed by atoms with van der Waals surface area (Å²) in [5.41, 5.74) is 1.72. The number of hydrogen-bond acceptors (Lipinski definition) is 6. The van der Waals surface area contributed by atoms with Gasteiger partial charge in [-0.15, -0.1) is 0 Å². The summed E-state index contributed by atoms with van der Waals surface area (Å²) in [4.78, 5) is 19.7. The standard InChI is InChI=1S/C28H30ClN3O4/c1-30-14-16-31(17-15-30)19-26-27(20-4-3-5-25(18-20)34-2)32(28(33)36-26)22-8-12-24(13-9-22)35-23-10-6-21(29)7-11-23/h3-13,18,26-27H,14-17,19H2,1-2H3/t26-,27-/m0/s1. The van der Waals surface area contributed by atoms with Gasteiger partial charge in [0, 0.05) is 43.4 Å². The largest absolute Gasteiger partial charge is 0.497 e. The third kappa shape index (κ3) is 5.43. The number of carbonyl (C=O) groups is 1. The molecule has 2 atom stereocenters. The van der Waals surface area contributed by atoms with Crippen molar-refractivity contribution in [2.24, 2.45) is 0 Å². The van der Waals surface area contributed by atoms with E-state index in [2.05, 4.69) is 16.8 Å². The number of halogens is 1. The lowest BCUT2D eigenvalue weighted by Crippen LogP contribution is -2.48. The highest BCUT2D eigenvalue weighted by molar-refractivity contribution is 6.30. The van der Waals surface area contributed by atoms with Crippen LogP contribution >= 0.6 is 11.6 Å². The Hall–Kier alpha value is -3.26. The number of rotatable bonds is 7. The molecule has 0 aromatic heterocycles. The highest BCUT2D eigenvalue weighted by atomic mass is 35.5. The molecule has 2 aliphatic rings. The molecule has 2 saturated heterocycles. The molecule has 0 bridgehead atoms. The van der Waals surface area contributed by atoms with Gasteiger partial charge in [0.2, 0.25) is 0 Å². The number of hydrogen-bond donors (Lipinski definition) is 0. The zero-order valence-corrected chi connectivity index (χ0v) is 21.2. The monoisotopic (exact) mass is 507 g/mol. The Kier molecular flexibility index (Phi) is 7.32. The van der Waals surface area contributed by atoms with Crippen LogP contribution < -0.4 is 14.4 Å². The van der Waals surface area contributed by atoms with Crippen molar-refractivity contribution in [1.82, 2.24) is 9.80 Å². The van der Waals surface area contributed by atoms with E-state index in [0.29, 0.717) is 23.1 Å². The van der Waals surface area contributed by atoms with Crippen molar-refractivity contribution in [3.05, 3.63) is 83.4 Å². The van der Waals surface area contributed by atoms with E-state index in [1.165, 1.54) is 0 Å². The lowest BCUT2D eigenvalue weighted by Gasteiger charge is -2.34. The van der Waals surface area contributed by atoms with Crippen molar-refractivity contribution in [2.75, 3.05) is 51.8 Å². The van der Waals surface area contributed by atoms with E-state index in [4.69, 9.17) is 25.8 Å². The number of cyclic esters (lactones) is 1. The molecule has 5 rings (SSSR count). The molecule has 1 amide bonds. The predicted octanol–water partition coefficient (Wildman–Crippen LogP) is 5.45. The Labute approximate surface area is 216 Å². The number of anilines is 1. The molecule has 0 unspecified atom stereocenters. The molecule has 7 nitrogen and oxygen atoms in total. The van der Waals surface area contributed by atoms with Crippen molar-refractivity contribution in [3.63, 3.8) is 0 Å². The fourth-order valence-electron chi connectivity index (χ4n) is 4.72. The molecule has 8 heteroatoms. The molecule has 2 heterocycles. The number of ether oxygens (including phenoxy) is 3. The number of methoxy groups -OCH3 is 1. The molecule has 0 radical (unpaired) electrons. The number of amides is 1. The van der Waals surface area contributed by atoms with Crippen molar-refractivity contribution in [2.45, 2.75) is 12.1 Å². The molecule has 36 heavy (non-hydrogen) atoms. The fraction of sp³-hybridized carbons (Fsp3) is 0.321. The highest BCUT2D eigenvalue weighted by Crippen LogP contribution is 2.39. The first-order valence-electron chi connectivity index (χ1n) is 12.1. The summed E-state index contributed by atoms with van der Waals surface area (Å²) in [5.74, 6) is 2.10. The van der Waals surface area contributed by atoms with Crippen molar-refractivity contribution < 1.29 is 19.0 Å². The Balaban J connectivity index is 1.41. The van der Waals surface area contributed by atoms with E-state index >= 15 is 0 Å². The molecular weight excluding hydrogens is 478 g/mol. The van der Waals surface area contributed by atoms with Crippen LogP contribution in [0.25, 0.3) is 0 Å². The van der Waals surface area contributed by atoms with Crippen molar-refractivity contribution in [1.29, 1.82) is 0 Å². The van der Waals surface area contributed by atoms with Gasteiger partial charge in [0.15, 0.2) is 0 Å². The molecule has 0 aliphatic carbocycles. The smallest absolute Gasteiger partial charge is 0.415 e. The van der Waals surface area contributed by atoms with Gasteiger partial charge in [-0.05, 0) is 73.3 Å². The van der Waals surface area contributed by atoms with Gasteiger partial charge in [-0.3, -0.25) is 9.80 Å². The van der Waals surface area contributed by atoms with Gasteiger partial charge in [-0.25, -0.2) is 4.79 Å². The van der Waals surface area contributed by atoms with Crippen LogP contribution in [0.2, 0.25) is 5.02 Å². The summed E-state index contributed by atoms with van der Waals surface area (Å²) in [7, 11) is 3.78. The second-order valence-corrected chi connectivity index (χ2v) is 9.60. The van der Waals surface area contributed by atoms with E-state index < -0.39 is 0 Å². The minimum absolute atomic E-state index is 0.282. The molecule has 2 fully saturated rings. The number of likely N-dealkylation sites (N-methyl/N-ethyl adjacent to an activating group) is 1. The summed E-state index contributed by atoms with van der Waals surface area (Å²) in [6.45, 7) is 4.58. The van der Waals surface area contributed by atoms with Crippen LogP contribution in [0.15, 0.2) is 72.8 Å². The van der Waals surface area contributed by atoms with E-state index in [1.54, 1.807) is 24.1 Å². The minimum Gasteiger partial charge on any atom is -0.497 e. The SMILES string of the molecule is COc1cccc([C@H]2[C@H](CN3CCN(C)CC3)OC(=O)N2c2ccc(Oc3ccc(Cl)cc3)cc2)c1. The summed E-state index contributed by atoms with van der Waals surface area (Å²) in [6, 6.07) is 22.3. The molecule has 0 N–H and O–H groups in total. The van der Waals surface area contributed by atoms with Gasteiger partial charge in [-0.1, -0.05) is 23.7 Å². The topological polar surface area (TPSA) is 54.5 Å². The average Bonchev–Trinajstić information content (AvgIpc) is 3.22. The van der Waals surface area contributed by atoms with Crippen molar-refractivity contribution in [3.8, 4) is 17.2 Å². The predicted molar refractivity (Wildman–Crippen MR) is 140 cm³/mol. The van der Waals surface area contributed by atoms with E-state index in [0.717, 1.165) is 43.2 Å². The van der Waals surface area contributed by atoms with Gasteiger partial charge in [0.1, 0.15) is 29.4 Å². The maximum Gasteiger partial charge on any atom is 0.415 e. The fourth-order valence-corrected chi connectivity index (χ4v) is 4.85. The van der Waals surface area contributed by atoms with Gasteiger partial charge in [-0.2, -0.15) is 0 Å². The summed E-state index contributed by atoms with van der Waals surface area (Å²) >= 11 is 5.97. The number of nitrogens with zero attached hydrogens (tertiary/aromatic N) is 3. The van der Waals surface area contributed by atoms with Crippen LogP contribution in [0.5, 0.6) is 17.2 Å². The number of benzene rings is 3. The first kappa shape index (κ1) is 24.4. The van der Waals surface area contributed by atoms with Crippen LogP contribution in [0.3, 0.4) is 0 Å². The number of piperazine rings is 1. The Morgan fingerprint density at radius 3 is 2.25 bits per heavy atom. The summed E-state index contributed by atoms with van der Waals surface area (Å²) < 4.78 is 17.4. The van der Waals surface area contributed by atoms with E-state index in [9.17, 15) is 4.79 Å². The molecule has 0 saturated carbocycles. The van der Waals surface area contributed by atoms with Crippen LogP contribution in [-0.4, -0.2) is 68.9 Å². The van der Waals surface area contributed by atoms with E-state index in [1.807, 2.05) is 60.7 Å². The normalized spacial score (nSPS) is 20.9. The maximum absolute atomic E-state index is 13.2. The second kappa shape index (κ2) is 10.8. The minimum atomic E-state index is -0.353. The van der Waals surface area contributed by atoms with Gasteiger partial charge < -0.3 is 19.1 Å². The Bertz CT molecular complexity index is 1180. The molecule has 0 spiro atoms. The summed E-state index contributed by atoms with van der Waals surface area (Å²) in [5, 5.41) is 0.653. The zero-order chi connectivity index (χ0) is 25.1. The number of carbonyl (C=O) groups excluding carboxylic acids is 1. The van der Waals surface area contributed by atoms with Gasteiger partial charge in [0.05, 0.1) is 7.11 Å². The quantitative estimate of drug-likeness (QED) is 0.423. The Morgan fingerprint density at radius 2 is 1.58 bits per heavy atom. The van der Waals surface area contributed by atoms with Gasteiger partial charge in [0.25, 0.3) is 0 Å². The highest BCUT2D eigenvalue weighted by Gasteiger charge is 2.44. The third-order valence-electron chi connectivity index (χ3n) is 6.71. The average molecular weight is 508 g/mol. The molecular formula is C28H30ClN3O4. The zero-order valence-electron chi connectivity index (χ0n) is 20.5. The molecule has 188 valence electrons. The van der Waals surface area contributed by atoms with Gasteiger partial charge >= 0.3 is 6.09 Å². The van der Waals surface area contributed by atoms with Crippen LogP contribution in [0.4, 0.5) is 10.5 Å². The lowest BCUT2D eigenvalue weighted by molar-refractivity contribution is 0.0738. The lowest BCUT2D eigenvalue weighted by atomic mass is 9.99. The first-order valence-corrected chi connectivity index (χ1v) is 12.5. The molecule has 3 aromatic carbocycles. The molecule has 3 aromatic rings. The first-order chi connectivity index (χ1) is 17.5. The third-order valence-corrected chi connectivity index (χ3v) is 6.96. The second-order valence-electron chi connectivity index (χ2n) is 9.17. The molecule has 2 aliphatic heterocycles. The Morgan fingerprint density at radius 1 is 0.917 bits per heavy atom. The van der Waals surface area contributed by atoms with E-state index in [-0.39, 0.29) is 18.2 Å². The van der Waals surface area contributed by atoms with Crippen LogP contribution in [0.1, 0.15) is 11.6 Å². The summed E-state index contributed by atoms with van der Waals surface area (Å²) in [6.07, 6.45) is -0.661. The van der Waals surface area contributed by atoms with Crippen molar-refractivity contribution >= 4 is 23.4 Å².